The Balaban J connectivity index is 1.69. The maximum atomic E-state index is 13.4. The third kappa shape index (κ3) is 4.51. The average molecular weight is 461 g/mol. The van der Waals surface area contributed by atoms with Gasteiger partial charge in [-0.3, -0.25) is 19.8 Å². The van der Waals surface area contributed by atoms with E-state index < -0.39 is 11.8 Å². The quantitative estimate of drug-likeness (QED) is 0.345. The first-order valence-corrected chi connectivity index (χ1v) is 10.9. The summed E-state index contributed by atoms with van der Waals surface area (Å²) in [6, 6.07) is 18.8. The number of benzene rings is 2. The van der Waals surface area contributed by atoms with E-state index in [1.54, 1.807) is 30.3 Å². The van der Waals surface area contributed by atoms with Gasteiger partial charge in [-0.1, -0.05) is 6.07 Å². The molecule has 3 aromatic rings. The number of ether oxygens (including phenoxy) is 1. The van der Waals surface area contributed by atoms with E-state index in [0.717, 1.165) is 11.4 Å². The molecule has 0 bridgehead atoms. The summed E-state index contributed by atoms with van der Waals surface area (Å²) in [5, 5.41) is 2.66. The van der Waals surface area contributed by atoms with E-state index in [1.165, 1.54) is 4.90 Å². The van der Waals surface area contributed by atoms with Crippen LogP contribution in [0, 0.1) is 0 Å². The lowest BCUT2D eigenvalue weighted by molar-refractivity contribution is -0.122. The molecule has 0 aliphatic carbocycles. The maximum Gasteiger partial charge on any atom is 0.270 e. The van der Waals surface area contributed by atoms with Crippen LogP contribution in [-0.4, -0.2) is 42.2 Å². The van der Waals surface area contributed by atoms with Crippen molar-refractivity contribution in [2.24, 2.45) is 0 Å². The monoisotopic (exact) mass is 460 g/mol. The van der Waals surface area contributed by atoms with Gasteiger partial charge >= 0.3 is 0 Å². The number of aromatic nitrogens is 1. The minimum Gasteiger partial charge on any atom is -0.494 e. The lowest BCUT2D eigenvalue weighted by Gasteiger charge is -2.29. The molecule has 1 aliphatic rings. The Morgan fingerprint density at radius 1 is 1.03 bits per heavy atom. The predicted octanol–water partition coefficient (Wildman–Crippen LogP) is 3.77. The molecule has 2 amide bonds. The van der Waals surface area contributed by atoms with Crippen molar-refractivity contribution >= 4 is 46.6 Å². The Bertz CT molecular complexity index is 1240. The smallest absolute Gasteiger partial charge is 0.270 e. The van der Waals surface area contributed by atoms with Crippen LogP contribution in [0.2, 0.25) is 0 Å². The van der Waals surface area contributed by atoms with Crippen LogP contribution in [0.5, 0.6) is 5.75 Å². The third-order valence-corrected chi connectivity index (χ3v) is 5.49. The molecule has 2 heterocycles. The number of anilines is 2. The number of carbonyl (C=O) groups excluding carboxylic acids is 2. The summed E-state index contributed by atoms with van der Waals surface area (Å²) < 4.78 is 7.46. The van der Waals surface area contributed by atoms with Gasteiger partial charge in [-0.05, 0) is 73.7 Å². The molecule has 4 rings (SSSR count). The minimum atomic E-state index is -0.530. The molecule has 1 aliphatic heterocycles. The number of nitrogens with one attached hydrogen (secondary N) is 1. The van der Waals surface area contributed by atoms with Gasteiger partial charge in [-0.2, -0.15) is 0 Å². The number of hydrogen-bond donors (Lipinski definition) is 1. The number of hydrogen-bond acceptors (Lipinski definition) is 5. The standard InChI is InChI=1S/C25H24N4O3S/c1-4-32-21-9-5-7-20(15-21)29-24(31)22(23(30)26-25(29)33)16-19-8-6-14-28(19)18-12-10-17(11-13-18)27(2)3/h5-16H,4H2,1-3H3,(H,26,30,33)/b22-16+. The maximum absolute atomic E-state index is 13.4. The van der Waals surface area contributed by atoms with Crippen LogP contribution in [-0.2, 0) is 9.59 Å². The molecule has 1 fully saturated rings. The molecule has 0 spiro atoms. The zero-order valence-electron chi connectivity index (χ0n) is 18.6. The number of amides is 2. The number of rotatable bonds is 6. The van der Waals surface area contributed by atoms with Crippen LogP contribution < -0.4 is 19.9 Å². The highest BCUT2D eigenvalue weighted by Crippen LogP contribution is 2.26. The van der Waals surface area contributed by atoms with Crippen LogP contribution in [0.4, 0.5) is 11.4 Å². The number of nitrogens with zero attached hydrogens (tertiary/aromatic N) is 3. The molecule has 0 unspecified atom stereocenters. The highest BCUT2D eigenvalue weighted by Gasteiger charge is 2.34. The molecule has 0 saturated carbocycles. The molecule has 1 N–H and O–H groups in total. The lowest BCUT2D eigenvalue weighted by atomic mass is 10.1. The highest BCUT2D eigenvalue weighted by atomic mass is 32.1. The Morgan fingerprint density at radius 2 is 1.79 bits per heavy atom. The van der Waals surface area contributed by atoms with Gasteiger partial charge in [0.15, 0.2) is 5.11 Å². The first kappa shape index (κ1) is 22.3. The Labute approximate surface area is 197 Å². The molecule has 168 valence electrons. The largest absolute Gasteiger partial charge is 0.494 e. The van der Waals surface area contributed by atoms with Crippen LogP contribution >= 0.6 is 12.2 Å². The fourth-order valence-corrected chi connectivity index (χ4v) is 3.86. The molecule has 2 aromatic carbocycles. The Morgan fingerprint density at radius 3 is 2.48 bits per heavy atom. The van der Waals surface area contributed by atoms with E-state index in [9.17, 15) is 9.59 Å². The summed E-state index contributed by atoms with van der Waals surface area (Å²) in [6.45, 7) is 2.38. The van der Waals surface area contributed by atoms with Crippen molar-refractivity contribution in [2.45, 2.75) is 6.92 Å². The number of thiocarbonyl (C=S) groups is 1. The molecule has 1 aromatic heterocycles. The lowest BCUT2D eigenvalue weighted by Crippen LogP contribution is -2.54. The fraction of sp³-hybridized carbons (Fsp3) is 0.160. The van der Waals surface area contributed by atoms with Gasteiger partial charge in [0.1, 0.15) is 11.3 Å². The molecule has 1 saturated heterocycles. The van der Waals surface area contributed by atoms with Crippen molar-refractivity contribution in [3.05, 3.63) is 78.1 Å². The summed E-state index contributed by atoms with van der Waals surface area (Å²) in [4.78, 5) is 29.4. The van der Waals surface area contributed by atoms with E-state index in [-0.39, 0.29) is 10.7 Å². The summed E-state index contributed by atoms with van der Waals surface area (Å²) >= 11 is 5.30. The second kappa shape index (κ2) is 9.30. The molecule has 7 nitrogen and oxygen atoms in total. The Kier molecular flexibility index (Phi) is 6.28. The molecule has 0 atom stereocenters. The van der Waals surface area contributed by atoms with Gasteiger partial charge in [0.25, 0.3) is 11.8 Å². The van der Waals surface area contributed by atoms with Crippen LogP contribution in [0.3, 0.4) is 0 Å². The normalized spacial score (nSPS) is 15.1. The zero-order chi connectivity index (χ0) is 23.5. The first-order chi connectivity index (χ1) is 15.9. The van der Waals surface area contributed by atoms with Crippen molar-refractivity contribution in [1.29, 1.82) is 0 Å². The van der Waals surface area contributed by atoms with E-state index in [4.69, 9.17) is 17.0 Å². The fourth-order valence-electron chi connectivity index (χ4n) is 3.58. The van der Waals surface area contributed by atoms with Gasteiger partial charge in [-0.25, -0.2) is 0 Å². The summed E-state index contributed by atoms with van der Waals surface area (Å²) in [6.07, 6.45) is 3.47. The molecule has 8 heteroatoms. The molecular weight excluding hydrogens is 436 g/mol. The van der Waals surface area contributed by atoms with Crippen molar-refractivity contribution in [2.75, 3.05) is 30.5 Å². The molecule has 0 radical (unpaired) electrons. The summed E-state index contributed by atoms with van der Waals surface area (Å²) in [5.74, 6) is -0.408. The van der Waals surface area contributed by atoms with E-state index >= 15 is 0 Å². The average Bonchev–Trinajstić information content (AvgIpc) is 3.25. The van der Waals surface area contributed by atoms with E-state index in [0.29, 0.717) is 23.7 Å². The Hall–Kier alpha value is -3.91. The van der Waals surface area contributed by atoms with Crippen molar-refractivity contribution < 1.29 is 14.3 Å². The van der Waals surface area contributed by atoms with E-state index in [1.807, 2.05) is 73.1 Å². The molecule has 33 heavy (non-hydrogen) atoms. The van der Waals surface area contributed by atoms with Gasteiger partial charge in [0, 0.05) is 43.4 Å². The van der Waals surface area contributed by atoms with Gasteiger partial charge in [0.05, 0.1) is 12.3 Å². The minimum absolute atomic E-state index is 0.00438. The summed E-state index contributed by atoms with van der Waals surface area (Å²) in [5.41, 5.74) is 3.21. The summed E-state index contributed by atoms with van der Waals surface area (Å²) in [7, 11) is 3.96. The van der Waals surface area contributed by atoms with Crippen molar-refractivity contribution in [3.63, 3.8) is 0 Å². The van der Waals surface area contributed by atoms with Crippen molar-refractivity contribution in [3.8, 4) is 11.4 Å². The van der Waals surface area contributed by atoms with E-state index in [2.05, 4.69) is 5.32 Å². The molecular formula is C25H24N4O3S. The second-order valence-corrected chi connectivity index (χ2v) is 7.99. The number of carbonyl (C=O) groups is 2. The van der Waals surface area contributed by atoms with Crippen LogP contribution in [0.25, 0.3) is 11.8 Å². The first-order valence-electron chi connectivity index (χ1n) is 10.5. The second-order valence-electron chi connectivity index (χ2n) is 7.60. The SMILES string of the molecule is CCOc1cccc(N2C(=O)/C(=C/c3cccn3-c3ccc(N(C)C)cc3)C(=O)NC2=S)c1. The van der Waals surface area contributed by atoms with Crippen LogP contribution in [0.15, 0.2) is 72.4 Å². The van der Waals surface area contributed by atoms with Crippen molar-refractivity contribution in [1.82, 2.24) is 9.88 Å². The topological polar surface area (TPSA) is 66.8 Å². The van der Waals surface area contributed by atoms with Crippen LogP contribution in [0.1, 0.15) is 12.6 Å². The third-order valence-electron chi connectivity index (χ3n) is 5.21. The van der Waals surface area contributed by atoms with Gasteiger partial charge in [0.2, 0.25) is 0 Å². The highest BCUT2D eigenvalue weighted by molar-refractivity contribution is 7.80. The predicted molar refractivity (Wildman–Crippen MR) is 134 cm³/mol. The zero-order valence-corrected chi connectivity index (χ0v) is 19.4. The van der Waals surface area contributed by atoms with Gasteiger partial charge < -0.3 is 14.2 Å². The van der Waals surface area contributed by atoms with Gasteiger partial charge in [-0.15, -0.1) is 0 Å².